The van der Waals surface area contributed by atoms with Crippen LogP contribution in [0.15, 0.2) is 52.5 Å². The summed E-state index contributed by atoms with van der Waals surface area (Å²) in [4.78, 5) is 4.92. The van der Waals surface area contributed by atoms with E-state index in [9.17, 15) is 16.8 Å². The molecule has 0 aromatic heterocycles. The van der Waals surface area contributed by atoms with Crippen molar-refractivity contribution < 1.29 is 31.1 Å². The van der Waals surface area contributed by atoms with Gasteiger partial charge in [-0.25, -0.2) is 16.8 Å². The summed E-state index contributed by atoms with van der Waals surface area (Å²) in [6, 6.07) is 11.6. The van der Waals surface area contributed by atoms with Gasteiger partial charge < -0.3 is 25.8 Å². The van der Waals surface area contributed by atoms with E-state index in [-0.39, 0.29) is 49.4 Å². The topological polar surface area (TPSA) is 167 Å². The van der Waals surface area contributed by atoms with Gasteiger partial charge in [0.25, 0.3) is 0 Å². The van der Waals surface area contributed by atoms with Gasteiger partial charge in [0.1, 0.15) is 28.8 Å². The number of oxime groups is 1. The number of hydrogen-bond donors (Lipinski definition) is 2. The molecule has 0 atom stereocenters. The van der Waals surface area contributed by atoms with Crippen LogP contribution in [0.25, 0.3) is 0 Å². The van der Waals surface area contributed by atoms with Gasteiger partial charge in [0.15, 0.2) is 0 Å². The van der Waals surface area contributed by atoms with Crippen molar-refractivity contribution in [2.75, 3.05) is 45.6 Å². The molecular weight excluding hydrogens is 510 g/mol. The minimum Gasteiger partial charge on any atom is -0.493 e. The molecule has 4 N–H and O–H groups in total. The molecule has 12 nitrogen and oxygen atoms in total. The van der Waals surface area contributed by atoms with Gasteiger partial charge in [0, 0.05) is 38.7 Å². The minimum atomic E-state index is -3.92. The molecule has 0 aliphatic carbocycles. The molecule has 0 amide bonds. The number of para-hydroxylation sites is 1. The monoisotopic (exact) mass is 541 g/mol. The fourth-order valence-corrected chi connectivity index (χ4v) is 5.91. The normalized spacial score (nSPS) is 15.3. The summed E-state index contributed by atoms with van der Waals surface area (Å²) in [6.07, 6.45) is 1.65. The van der Waals surface area contributed by atoms with Crippen LogP contribution < -0.4 is 20.9 Å². The van der Waals surface area contributed by atoms with E-state index in [0.717, 1.165) is 11.8 Å². The average molecular weight is 542 g/mol. The predicted octanol–water partition coefficient (Wildman–Crippen LogP) is 1.03. The number of nitrogens with two attached hydrogens (primary N) is 2. The van der Waals surface area contributed by atoms with Crippen LogP contribution in [-0.4, -0.2) is 77.1 Å². The maximum absolute atomic E-state index is 13.4. The van der Waals surface area contributed by atoms with Crippen LogP contribution in [0.4, 0.5) is 0 Å². The molecule has 198 valence electrons. The van der Waals surface area contributed by atoms with E-state index in [0.29, 0.717) is 24.5 Å². The maximum Gasteiger partial charge on any atom is 0.246 e. The molecule has 1 saturated heterocycles. The number of piperazine rings is 1. The number of aryl methyl sites for hydroxylation is 1. The summed E-state index contributed by atoms with van der Waals surface area (Å²) >= 11 is 0. The second-order valence-electron chi connectivity index (χ2n) is 8.15. The van der Waals surface area contributed by atoms with Crippen LogP contribution in [0, 0.1) is 6.92 Å². The standard InChI is InChI=1S/C22H31N5O7S2/c1-17-14-18(32-12-5-13-33-25-22(23)24)16-19(15-17)34-20-6-3-4-7-21(20)36(30,31)27-10-8-26(9-11-27)35(2,28)29/h3-4,6-7,14-16H,5,8-13H2,1-2H3,(H4,23,24,25). The Hall–Kier alpha value is -3.07. The minimum absolute atomic E-state index is 0.00124. The van der Waals surface area contributed by atoms with Gasteiger partial charge >= 0.3 is 0 Å². The summed E-state index contributed by atoms with van der Waals surface area (Å²) in [5.41, 5.74) is 11.2. The third kappa shape index (κ3) is 7.46. The third-order valence-corrected chi connectivity index (χ3v) is 8.45. The van der Waals surface area contributed by atoms with E-state index >= 15 is 0 Å². The lowest BCUT2D eigenvalue weighted by Crippen LogP contribution is -2.50. The lowest BCUT2D eigenvalue weighted by molar-refractivity contribution is 0.127. The Morgan fingerprint density at radius 3 is 2.25 bits per heavy atom. The van der Waals surface area contributed by atoms with Crippen molar-refractivity contribution in [2.45, 2.75) is 18.2 Å². The van der Waals surface area contributed by atoms with E-state index < -0.39 is 20.0 Å². The Kier molecular flexibility index (Phi) is 9.00. The van der Waals surface area contributed by atoms with Crippen LogP contribution in [0.1, 0.15) is 12.0 Å². The Labute approximate surface area is 211 Å². The number of sulfonamides is 2. The van der Waals surface area contributed by atoms with Gasteiger partial charge in [-0.05, 0) is 41.9 Å². The average Bonchev–Trinajstić information content (AvgIpc) is 2.80. The molecule has 1 heterocycles. The number of nitrogens with zero attached hydrogens (tertiary/aromatic N) is 3. The van der Waals surface area contributed by atoms with Crippen molar-refractivity contribution in [1.82, 2.24) is 8.61 Å². The summed E-state index contributed by atoms with van der Waals surface area (Å²) in [6.45, 7) is 2.78. The predicted molar refractivity (Wildman–Crippen MR) is 135 cm³/mol. The number of rotatable bonds is 11. The molecule has 14 heteroatoms. The number of benzene rings is 2. The molecule has 1 fully saturated rings. The number of guanidine groups is 1. The van der Waals surface area contributed by atoms with Crippen LogP contribution in [0.3, 0.4) is 0 Å². The zero-order chi connectivity index (χ0) is 26.3. The van der Waals surface area contributed by atoms with Crippen molar-refractivity contribution in [2.24, 2.45) is 16.6 Å². The quantitative estimate of drug-likeness (QED) is 0.183. The molecule has 2 aromatic rings. The fourth-order valence-electron chi connectivity index (χ4n) is 3.55. The zero-order valence-electron chi connectivity index (χ0n) is 20.2. The molecule has 0 unspecified atom stereocenters. The number of ether oxygens (including phenoxy) is 2. The van der Waals surface area contributed by atoms with E-state index in [4.69, 9.17) is 25.8 Å². The maximum atomic E-state index is 13.4. The van der Waals surface area contributed by atoms with Crippen LogP contribution in [-0.2, 0) is 24.9 Å². The first-order valence-electron chi connectivity index (χ1n) is 11.1. The van der Waals surface area contributed by atoms with Crippen LogP contribution in [0.5, 0.6) is 17.2 Å². The van der Waals surface area contributed by atoms with E-state index in [2.05, 4.69) is 5.16 Å². The van der Waals surface area contributed by atoms with Gasteiger partial charge in [-0.1, -0.05) is 12.1 Å². The molecule has 0 bridgehead atoms. The van der Waals surface area contributed by atoms with Crippen LogP contribution >= 0.6 is 0 Å². The van der Waals surface area contributed by atoms with Crippen molar-refractivity contribution in [3.05, 3.63) is 48.0 Å². The van der Waals surface area contributed by atoms with Crippen molar-refractivity contribution in [1.29, 1.82) is 0 Å². The molecule has 3 rings (SSSR count). The second-order valence-corrected chi connectivity index (χ2v) is 12.0. The molecule has 1 aliphatic rings. The van der Waals surface area contributed by atoms with Crippen molar-refractivity contribution in [3.63, 3.8) is 0 Å². The van der Waals surface area contributed by atoms with E-state index in [1.807, 2.05) is 13.0 Å². The Bertz CT molecular complexity index is 1290. The van der Waals surface area contributed by atoms with Gasteiger partial charge in [-0.2, -0.15) is 8.61 Å². The largest absolute Gasteiger partial charge is 0.493 e. The molecule has 36 heavy (non-hydrogen) atoms. The van der Waals surface area contributed by atoms with Gasteiger partial charge in [-0.15, -0.1) is 0 Å². The Morgan fingerprint density at radius 1 is 0.944 bits per heavy atom. The first-order chi connectivity index (χ1) is 17.0. The summed E-state index contributed by atoms with van der Waals surface area (Å²) in [5.74, 6) is 0.954. The lowest BCUT2D eigenvalue weighted by Gasteiger charge is -2.32. The SMILES string of the molecule is Cc1cc(OCCCON=C(N)N)cc(Oc2ccccc2S(=O)(=O)N2CCN(S(C)(=O)=O)CC2)c1. The smallest absolute Gasteiger partial charge is 0.246 e. The zero-order valence-corrected chi connectivity index (χ0v) is 21.8. The van der Waals surface area contributed by atoms with Crippen molar-refractivity contribution >= 4 is 26.0 Å². The first kappa shape index (κ1) is 27.5. The summed E-state index contributed by atoms with van der Waals surface area (Å²) in [7, 11) is -7.30. The molecule has 0 saturated carbocycles. The summed E-state index contributed by atoms with van der Waals surface area (Å²) in [5, 5.41) is 3.44. The Morgan fingerprint density at radius 2 is 1.58 bits per heavy atom. The highest BCUT2D eigenvalue weighted by Crippen LogP contribution is 2.33. The molecule has 2 aromatic carbocycles. The third-order valence-electron chi connectivity index (χ3n) is 5.20. The fraction of sp³-hybridized carbons (Fsp3) is 0.409. The van der Waals surface area contributed by atoms with E-state index in [1.54, 1.807) is 30.3 Å². The lowest BCUT2D eigenvalue weighted by atomic mass is 10.2. The molecule has 0 radical (unpaired) electrons. The van der Waals surface area contributed by atoms with Gasteiger partial charge in [0.2, 0.25) is 26.0 Å². The highest BCUT2D eigenvalue weighted by atomic mass is 32.2. The highest BCUT2D eigenvalue weighted by Gasteiger charge is 2.33. The number of hydrogen-bond acceptors (Lipinski definition) is 8. The highest BCUT2D eigenvalue weighted by molar-refractivity contribution is 7.89. The molecular formula is C22H31N5O7S2. The van der Waals surface area contributed by atoms with Gasteiger partial charge in [-0.3, -0.25) is 0 Å². The second kappa shape index (κ2) is 11.8. The van der Waals surface area contributed by atoms with E-state index in [1.165, 1.54) is 14.7 Å². The van der Waals surface area contributed by atoms with Gasteiger partial charge in [0.05, 0.1) is 12.9 Å². The van der Waals surface area contributed by atoms with Crippen LogP contribution in [0.2, 0.25) is 0 Å². The molecule has 0 spiro atoms. The van der Waals surface area contributed by atoms with Crippen molar-refractivity contribution in [3.8, 4) is 17.2 Å². The first-order valence-corrected chi connectivity index (χ1v) is 14.4. The summed E-state index contributed by atoms with van der Waals surface area (Å²) < 4.78 is 64.6. The Balaban J connectivity index is 1.71. The molecule has 1 aliphatic heterocycles.